The minimum atomic E-state index is -4.74. The molecule has 2 amide bonds. The lowest BCUT2D eigenvalue weighted by molar-refractivity contribution is -0.140. The third kappa shape index (κ3) is 8.01. The summed E-state index contributed by atoms with van der Waals surface area (Å²) < 4.78 is 69.0. The first-order chi connectivity index (χ1) is 19.3. The Morgan fingerprint density at radius 1 is 0.976 bits per heavy atom. The topological polar surface area (TPSA) is 86.8 Å². The summed E-state index contributed by atoms with van der Waals surface area (Å²) in [6.45, 7) is 4.57. The van der Waals surface area contributed by atoms with Crippen molar-refractivity contribution in [3.8, 4) is 0 Å². The van der Waals surface area contributed by atoms with E-state index in [1.807, 2.05) is 0 Å². The van der Waals surface area contributed by atoms with Crippen LogP contribution < -0.4 is 9.62 Å². The number of benzene rings is 3. The van der Waals surface area contributed by atoms with Gasteiger partial charge in [-0.05, 0) is 68.3 Å². The van der Waals surface area contributed by atoms with Gasteiger partial charge in [0.05, 0.1) is 16.1 Å². The zero-order valence-electron chi connectivity index (χ0n) is 22.8. The van der Waals surface area contributed by atoms with Gasteiger partial charge in [-0.3, -0.25) is 13.9 Å². The lowest BCUT2D eigenvalue weighted by Crippen LogP contribution is -2.52. The van der Waals surface area contributed by atoms with Gasteiger partial charge in [0, 0.05) is 18.1 Å². The molecule has 0 radical (unpaired) electrons. The van der Waals surface area contributed by atoms with Crippen LogP contribution in [0.4, 0.5) is 18.9 Å². The van der Waals surface area contributed by atoms with Gasteiger partial charge in [-0.1, -0.05) is 54.4 Å². The number of halogens is 4. The van der Waals surface area contributed by atoms with Crippen LogP contribution in [0.15, 0.2) is 77.7 Å². The van der Waals surface area contributed by atoms with E-state index in [4.69, 9.17) is 11.6 Å². The first-order valence-electron chi connectivity index (χ1n) is 12.9. The number of aryl methyl sites for hydroxylation is 1. The number of amides is 2. The van der Waals surface area contributed by atoms with Gasteiger partial charge in [-0.25, -0.2) is 8.42 Å². The summed E-state index contributed by atoms with van der Waals surface area (Å²) >= 11 is 5.99. The van der Waals surface area contributed by atoms with E-state index in [1.165, 1.54) is 23.1 Å². The molecule has 0 spiro atoms. The molecule has 0 aromatic heterocycles. The highest BCUT2D eigenvalue weighted by molar-refractivity contribution is 7.92. The van der Waals surface area contributed by atoms with E-state index >= 15 is 0 Å². The molecule has 0 bridgehead atoms. The third-order valence-electron chi connectivity index (χ3n) is 6.35. The quantitative estimate of drug-likeness (QED) is 0.297. The number of nitrogens with one attached hydrogen (secondary N) is 1. The molecular formula is C29H31ClF3N3O4S. The molecule has 1 atom stereocenters. The number of carbonyl (C=O) groups excluding carboxylic acids is 2. The summed E-state index contributed by atoms with van der Waals surface area (Å²) in [4.78, 5) is 27.9. The van der Waals surface area contributed by atoms with Gasteiger partial charge in [0.1, 0.15) is 12.6 Å². The largest absolute Gasteiger partial charge is 0.416 e. The minimum absolute atomic E-state index is 0.0628. The highest BCUT2D eigenvalue weighted by Gasteiger charge is 2.35. The predicted molar refractivity (Wildman–Crippen MR) is 152 cm³/mol. The molecule has 0 aliphatic heterocycles. The number of rotatable bonds is 11. The van der Waals surface area contributed by atoms with Crippen molar-refractivity contribution in [2.75, 3.05) is 17.4 Å². The van der Waals surface area contributed by atoms with Crippen molar-refractivity contribution in [3.63, 3.8) is 0 Å². The van der Waals surface area contributed by atoms with Gasteiger partial charge in [-0.15, -0.1) is 0 Å². The van der Waals surface area contributed by atoms with Crippen molar-refractivity contribution >= 4 is 39.1 Å². The van der Waals surface area contributed by atoms with Crippen LogP contribution in [0.25, 0.3) is 0 Å². The molecule has 1 N–H and O–H groups in total. The Morgan fingerprint density at radius 2 is 1.61 bits per heavy atom. The van der Waals surface area contributed by atoms with Crippen LogP contribution in [0.2, 0.25) is 5.02 Å². The molecule has 0 unspecified atom stereocenters. The van der Waals surface area contributed by atoms with Crippen molar-refractivity contribution in [2.24, 2.45) is 0 Å². The average molecular weight is 610 g/mol. The van der Waals surface area contributed by atoms with Gasteiger partial charge in [-0.2, -0.15) is 13.2 Å². The molecule has 0 aliphatic rings. The molecular weight excluding hydrogens is 579 g/mol. The summed E-state index contributed by atoms with van der Waals surface area (Å²) in [5.74, 6) is -1.21. The Hall–Kier alpha value is -3.57. The van der Waals surface area contributed by atoms with Crippen LogP contribution in [0.1, 0.15) is 37.0 Å². The maximum Gasteiger partial charge on any atom is 0.416 e. The van der Waals surface area contributed by atoms with E-state index in [1.54, 1.807) is 57.2 Å². The van der Waals surface area contributed by atoms with Gasteiger partial charge in [0.15, 0.2) is 0 Å². The van der Waals surface area contributed by atoms with Gasteiger partial charge >= 0.3 is 6.18 Å². The number of hydrogen-bond donors (Lipinski definition) is 1. The number of carbonyl (C=O) groups is 2. The first kappa shape index (κ1) is 32.0. The second-order valence-electron chi connectivity index (χ2n) is 9.34. The number of hydrogen-bond acceptors (Lipinski definition) is 4. The summed E-state index contributed by atoms with van der Waals surface area (Å²) in [6, 6.07) is 15.1. The average Bonchev–Trinajstić information content (AvgIpc) is 2.92. The van der Waals surface area contributed by atoms with Crippen molar-refractivity contribution in [2.45, 2.75) is 50.9 Å². The maximum absolute atomic E-state index is 13.9. The number of nitrogens with zero attached hydrogens (tertiary/aromatic N) is 2. The minimum Gasteiger partial charge on any atom is -0.355 e. The molecule has 0 fully saturated rings. The number of anilines is 1. The van der Waals surface area contributed by atoms with E-state index in [0.29, 0.717) is 27.5 Å². The Balaban J connectivity index is 2.11. The van der Waals surface area contributed by atoms with Crippen LogP contribution in [0.3, 0.4) is 0 Å². The van der Waals surface area contributed by atoms with Gasteiger partial charge in [0.2, 0.25) is 11.8 Å². The SMILES string of the molecule is CCNC(=O)[C@@H](CC)N(Cc1ccc(Cl)cc1)C(=O)CN(c1cccc(C(F)(F)F)c1)S(=O)(=O)c1ccc(C)cc1. The second-order valence-corrected chi connectivity index (χ2v) is 11.6. The second kappa shape index (κ2) is 13.4. The molecule has 3 aromatic carbocycles. The number of alkyl halides is 3. The molecule has 220 valence electrons. The number of likely N-dealkylation sites (N-methyl/N-ethyl adjacent to an activating group) is 1. The molecule has 7 nitrogen and oxygen atoms in total. The van der Waals surface area contributed by atoms with Crippen molar-refractivity contribution in [1.82, 2.24) is 10.2 Å². The van der Waals surface area contributed by atoms with E-state index in [0.717, 1.165) is 17.7 Å². The Morgan fingerprint density at radius 3 is 2.17 bits per heavy atom. The standard InChI is InChI=1S/C29H31ClF3N3O4S/c1-4-26(28(38)34-5-2)35(18-21-11-13-23(30)14-12-21)27(37)19-36(24-8-6-7-22(17-24)29(31,32)33)41(39,40)25-15-9-20(3)10-16-25/h6-17,26H,4-5,18-19H2,1-3H3,(H,34,38)/t26-/m1/s1. The molecule has 0 saturated carbocycles. The summed E-state index contributed by atoms with van der Waals surface area (Å²) in [7, 11) is -4.50. The molecule has 12 heteroatoms. The smallest absolute Gasteiger partial charge is 0.355 e. The monoisotopic (exact) mass is 609 g/mol. The highest BCUT2D eigenvalue weighted by atomic mass is 35.5. The van der Waals surface area contributed by atoms with Crippen molar-refractivity contribution in [1.29, 1.82) is 0 Å². The summed E-state index contributed by atoms with van der Waals surface area (Å²) in [5.41, 5.74) is -0.0189. The van der Waals surface area contributed by atoms with E-state index in [9.17, 15) is 31.2 Å². The predicted octanol–water partition coefficient (Wildman–Crippen LogP) is 5.81. The molecule has 3 aromatic rings. The maximum atomic E-state index is 13.9. The van der Waals surface area contributed by atoms with Crippen molar-refractivity contribution in [3.05, 3.63) is 94.5 Å². The Kier molecular flexibility index (Phi) is 10.4. The molecule has 0 heterocycles. The fraction of sp³-hybridized carbons (Fsp3) is 0.310. The zero-order chi connectivity index (χ0) is 30.4. The van der Waals surface area contributed by atoms with Gasteiger partial charge in [0.25, 0.3) is 10.0 Å². The van der Waals surface area contributed by atoms with Crippen LogP contribution in [0, 0.1) is 6.92 Å². The van der Waals surface area contributed by atoms with Crippen LogP contribution >= 0.6 is 11.6 Å². The normalized spacial score (nSPS) is 12.5. The van der Waals surface area contributed by atoms with E-state index in [-0.39, 0.29) is 23.5 Å². The Labute approximate surface area is 243 Å². The zero-order valence-corrected chi connectivity index (χ0v) is 24.4. The Bertz CT molecular complexity index is 1460. The van der Waals surface area contributed by atoms with Gasteiger partial charge < -0.3 is 10.2 Å². The van der Waals surface area contributed by atoms with Crippen LogP contribution in [-0.4, -0.2) is 44.3 Å². The lowest BCUT2D eigenvalue weighted by Gasteiger charge is -2.33. The fourth-order valence-electron chi connectivity index (χ4n) is 4.20. The fourth-order valence-corrected chi connectivity index (χ4v) is 5.73. The lowest BCUT2D eigenvalue weighted by atomic mass is 10.1. The van der Waals surface area contributed by atoms with Crippen LogP contribution in [0.5, 0.6) is 0 Å². The molecule has 41 heavy (non-hydrogen) atoms. The molecule has 0 aliphatic carbocycles. The highest BCUT2D eigenvalue weighted by Crippen LogP contribution is 2.33. The first-order valence-corrected chi connectivity index (χ1v) is 14.7. The molecule has 3 rings (SSSR count). The van der Waals surface area contributed by atoms with E-state index in [2.05, 4.69) is 5.32 Å². The van der Waals surface area contributed by atoms with Crippen LogP contribution in [-0.2, 0) is 32.3 Å². The summed E-state index contributed by atoms with van der Waals surface area (Å²) in [5, 5.41) is 3.15. The summed E-state index contributed by atoms with van der Waals surface area (Å²) in [6.07, 6.45) is -4.54. The van der Waals surface area contributed by atoms with E-state index < -0.39 is 46.2 Å². The third-order valence-corrected chi connectivity index (χ3v) is 8.39. The number of sulfonamides is 1. The van der Waals surface area contributed by atoms with Crippen molar-refractivity contribution < 1.29 is 31.2 Å². The molecule has 0 saturated heterocycles.